The molecule has 2 aromatic carbocycles. The summed E-state index contributed by atoms with van der Waals surface area (Å²) in [7, 11) is -2.53. The molecule has 0 saturated carbocycles. The third-order valence-corrected chi connectivity index (χ3v) is 6.53. The number of hydrogen-bond acceptors (Lipinski definition) is 3. The van der Waals surface area contributed by atoms with Crippen LogP contribution < -0.4 is 9.62 Å². The van der Waals surface area contributed by atoms with Crippen molar-refractivity contribution < 1.29 is 13.2 Å². The molecule has 2 aromatic rings. The van der Waals surface area contributed by atoms with Gasteiger partial charge in [-0.25, -0.2) is 8.42 Å². The molecular weight excluding hydrogens is 395 g/mol. The zero-order chi connectivity index (χ0) is 19.5. The second-order valence-corrected chi connectivity index (χ2v) is 8.66. The van der Waals surface area contributed by atoms with Gasteiger partial charge in [-0.2, -0.15) is 0 Å². The molecule has 0 heterocycles. The molecule has 0 aliphatic carbocycles. The Labute approximate surface area is 164 Å². The van der Waals surface area contributed by atoms with E-state index in [4.69, 9.17) is 23.2 Å². The summed E-state index contributed by atoms with van der Waals surface area (Å²) in [6, 6.07) is 10.6. The Morgan fingerprint density at radius 3 is 2.35 bits per heavy atom. The summed E-state index contributed by atoms with van der Waals surface area (Å²) < 4.78 is 27.0. The highest BCUT2D eigenvalue weighted by molar-refractivity contribution is 7.93. The van der Waals surface area contributed by atoms with Crippen molar-refractivity contribution in [1.82, 2.24) is 5.32 Å². The number of sulfonamides is 1. The van der Waals surface area contributed by atoms with Gasteiger partial charge in [0.1, 0.15) is 4.90 Å². The maximum absolute atomic E-state index is 13.0. The summed E-state index contributed by atoms with van der Waals surface area (Å²) in [6.45, 7) is 3.82. The molecule has 0 bridgehead atoms. The number of rotatable bonds is 6. The molecule has 8 heteroatoms. The number of nitrogens with zero attached hydrogens (tertiary/aromatic N) is 1. The van der Waals surface area contributed by atoms with Crippen LogP contribution in [0.2, 0.25) is 10.0 Å². The van der Waals surface area contributed by atoms with Crippen molar-refractivity contribution in [2.45, 2.75) is 31.2 Å². The van der Waals surface area contributed by atoms with E-state index in [2.05, 4.69) is 5.32 Å². The molecule has 0 saturated heterocycles. The molecule has 0 unspecified atom stereocenters. The van der Waals surface area contributed by atoms with Crippen LogP contribution in [-0.2, 0) is 10.0 Å². The monoisotopic (exact) mass is 414 g/mol. The average molecular weight is 415 g/mol. The van der Waals surface area contributed by atoms with Crippen LogP contribution in [-0.4, -0.2) is 27.4 Å². The lowest BCUT2D eigenvalue weighted by atomic mass is 10.2. The molecule has 1 atom stereocenters. The predicted molar refractivity (Wildman–Crippen MR) is 106 cm³/mol. The first-order valence-corrected chi connectivity index (χ1v) is 10.2. The zero-order valence-electron chi connectivity index (χ0n) is 14.7. The highest BCUT2D eigenvalue weighted by atomic mass is 35.5. The van der Waals surface area contributed by atoms with Crippen LogP contribution in [0.5, 0.6) is 0 Å². The molecule has 0 aliphatic heterocycles. The third kappa shape index (κ3) is 4.50. The largest absolute Gasteiger partial charge is 0.350 e. The minimum Gasteiger partial charge on any atom is -0.350 e. The van der Waals surface area contributed by atoms with Gasteiger partial charge < -0.3 is 5.32 Å². The number of nitrogens with one attached hydrogen (secondary N) is 1. The summed E-state index contributed by atoms with van der Waals surface area (Å²) >= 11 is 12.0. The molecule has 1 N–H and O–H groups in total. The van der Waals surface area contributed by atoms with E-state index in [0.717, 1.165) is 10.7 Å². The smallest absolute Gasteiger partial charge is 0.265 e. The number of benzene rings is 2. The summed E-state index contributed by atoms with van der Waals surface area (Å²) in [6.07, 6.45) is 0.768. The average Bonchev–Trinajstić information content (AvgIpc) is 2.61. The molecule has 0 aromatic heterocycles. The highest BCUT2D eigenvalue weighted by Gasteiger charge is 2.25. The van der Waals surface area contributed by atoms with Crippen molar-refractivity contribution in [3.05, 3.63) is 58.1 Å². The number of carbonyl (C=O) groups is 1. The van der Waals surface area contributed by atoms with E-state index in [1.165, 1.54) is 25.2 Å². The van der Waals surface area contributed by atoms with Gasteiger partial charge >= 0.3 is 0 Å². The van der Waals surface area contributed by atoms with Crippen LogP contribution in [0.4, 0.5) is 5.69 Å². The Morgan fingerprint density at radius 1 is 1.15 bits per heavy atom. The lowest BCUT2D eigenvalue weighted by molar-refractivity contribution is 0.0939. The van der Waals surface area contributed by atoms with Crippen LogP contribution in [0.3, 0.4) is 0 Å². The van der Waals surface area contributed by atoms with Gasteiger partial charge in [-0.15, -0.1) is 0 Å². The number of carbonyl (C=O) groups excluding carboxylic acids is 1. The SMILES string of the molecule is CC[C@@H](C)NC(=O)c1ccc(Cl)c(S(=O)(=O)N(C)c2ccc(Cl)cc2)c1. The zero-order valence-corrected chi connectivity index (χ0v) is 17.0. The van der Waals surface area contributed by atoms with Gasteiger partial charge in [-0.1, -0.05) is 30.1 Å². The van der Waals surface area contributed by atoms with Gasteiger partial charge in [-0.3, -0.25) is 9.10 Å². The van der Waals surface area contributed by atoms with Crippen molar-refractivity contribution in [2.24, 2.45) is 0 Å². The normalized spacial score (nSPS) is 12.5. The molecule has 26 heavy (non-hydrogen) atoms. The summed E-state index contributed by atoms with van der Waals surface area (Å²) in [5.41, 5.74) is 0.665. The van der Waals surface area contributed by atoms with Crippen LogP contribution in [0.25, 0.3) is 0 Å². The van der Waals surface area contributed by atoms with Gasteiger partial charge in [0.15, 0.2) is 0 Å². The van der Waals surface area contributed by atoms with E-state index in [1.54, 1.807) is 24.3 Å². The maximum Gasteiger partial charge on any atom is 0.265 e. The predicted octanol–water partition coefficient (Wildman–Crippen LogP) is 4.35. The van der Waals surface area contributed by atoms with E-state index in [9.17, 15) is 13.2 Å². The van der Waals surface area contributed by atoms with Gasteiger partial charge in [0.05, 0.1) is 10.7 Å². The minimum absolute atomic E-state index is 0.0185. The second-order valence-electron chi connectivity index (χ2n) is 5.88. The van der Waals surface area contributed by atoms with Gasteiger partial charge in [-0.05, 0) is 55.8 Å². The fourth-order valence-electron chi connectivity index (χ4n) is 2.19. The minimum atomic E-state index is -3.95. The number of amides is 1. The molecule has 0 aliphatic rings. The van der Waals surface area contributed by atoms with Crippen molar-refractivity contribution in [1.29, 1.82) is 0 Å². The molecule has 0 fully saturated rings. The van der Waals surface area contributed by atoms with Crippen molar-refractivity contribution in [3.8, 4) is 0 Å². The fourth-order valence-corrected chi connectivity index (χ4v) is 4.01. The Kier molecular flexibility index (Phi) is 6.55. The molecule has 5 nitrogen and oxygen atoms in total. The first-order chi connectivity index (χ1) is 12.2. The van der Waals surface area contributed by atoms with E-state index < -0.39 is 10.0 Å². The number of hydrogen-bond donors (Lipinski definition) is 1. The first kappa shape index (κ1) is 20.6. The lowest BCUT2D eigenvalue weighted by Crippen LogP contribution is -2.32. The van der Waals surface area contributed by atoms with E-state index in [0.29, 0.717) is 10.7 Å². The Balaban J connectivity index is 2.41. The van der Waals surface area contributed by atoms with Gasteiger partial charge in [0, 0.05) is 23.7 Å². The van der Waals surface area contributed by atoms with Gasteiger partial charge in [0.2, 0.25) is 0 Å². The summed E-state index contributed by atoms with van der Waals surface area (Å²) in [5, 5.41) is 3.35. The summed E-state index contributed by atoms with van der Waals surface area (Å²) in [5.74, 6) is -0.346. The third-order valence-electron chi connectivity index (χ3n) is 4.01. The van der Waals surface area contributed by atoms with Crippen LogP contribution >= 0.6 is 23.2 Å². The molecule has 0 spiro atoms. The first-order valence-electron chi connectivity index (χ1n) is 8.01. The topological polar surface area (TPSA) is 66.5 Å². The molecule has 140 valence electrons. The maximum atomic E-state index is 13.0. The van der Waals surface area contributed by atoms with Crippen LogP contribution in [0.15, 0.2) is 47.4 Å². The fraction of sp³-hybridized carbons (Fsp3) is 0.278. The lowest BCUT2D eigenvalue weighted by Gasteiger charge is -2.21. The Bertz CT molecular complexity index is 899. The molecular formula is C18H20Cl2N2O3S. The molecule has 1 amide bonds. The van der Waals surface area contributed by atoms with Crippen molar-refractivity contribution in [2.75, 3.05) is 11.4 Å². The molecule has 0 radical (unpaired) electrons. The number of anilines is 1. The van der Waals surface area contributed by atoms with Crippen LogP contribution in [0.1, 0.15) is 30.6 Å². The second kappa shape index (κ2) is 8.29. The Morgan fingerprint density at radius 2 is 1.77 bits per heavy atom. The van der Waals surface area contributed by atoms with E-state index in [-0.39, 0.29) is 27.4 Å². The Hall–Kier alpha value is -1.76. The highest BCUT2D eigenvalue weighted by Crippen LogP contribution is 2.29. The van der Waals surface area contributed by atoms with E-state index >= 15 is 0 Å². The van der Waals surface area contributed by atoms with Crippen molar-refractivity contribution in [3.63, 3.8) is 0 Å². The molecule has 2 rings (SSSR count). The standard InChI is InChI=1S/C18H20Cl2N2O3S/c1-4-12(2)21-18(23)13-5-10-16(20)17(11-13)26(24,25)22(3)15-8-6-14(19)7-9-15/h5-12H,4H2,1-3H3,(H,21,23)/t12-/m1/s1. The quantitative estimate of drug-likeness (QED) is 0.763. The van der Waals surface area contributed by atoms with Crippen LogP contribution in [0, 0.1) is 0 Å². The van der Waals surface area contributed by atoms with E-state index in [1.807, 2.05) is 13.8 Å². The van der Waals surface area contributed by atoms with Gasteiger partial charge in [0.25, 0.3) is 15.9 Å². The van der Waals surface area contributed by atoms with Crippen molar-refractivity contribution >= 4 is 44.8 Å². The number of halogens is 2. The summed E-state index contributed by atoms with van der Waals surface area (Å²) in [4.78, 5) is 12.2.